The quantitative estimate of drug-likeness (QED) is 0.846. The molecule has 0 saturated carbocycles. The van der Waals surface area contributed by atoms with Gasteiger partial charge < -0.3 is 10.2 Å². The first kappa shape index (κ1) is 10.9. The van der Waals surface area contributed by atoms with E-state index in [4.69, 9.17) is 10.2 Å². The maximum Gasteiger partial charge on any atom is 0.138 e. The molecule has 0 amide bonds. The molecule has 0 fully saturated rings. The Bertz CT molecular complexity index is 460. The Hall–Kier alpha value is -1.62. The maximum absolute atomic E-state index is 6.05. The van der Waals surface area contributed by atoms with E-state index in [1.165, 1.54) is 0 Å². The van der Waals surface area contributed by atoms with Crippen LogP contribution in [0, 0.1) is 6.92 Å². The number of hydrogen-bond acceptors (Lipinski definition) is 4. The highest BCUT2D eigenvalue weighted by Crippen LogP contribution is 2.17. The molecule has 2 rings (SSSR count). The van der Waals surface area contributed by atoms with E-state index in [0.717, 1.165) is 23.9 Å². The number of rotatable bonds is 4. The van der Waals surface area contributed by atoms with Gasteiger partial charge in [-0.3, -0.25) is 4.68 Å². The fourth-order valence-electron chi connectivity index (χ4n) is 1.66. The van der Waals surface area contributed by atoms with Crippen LogP contribution in [0.1, 0.15) is 30.3 Å². The molecular weight excluding hydrogens is 204 g/mol. The van der Waals surface area contributed by atoms with Crippen molar-refractivity contribution in [1.82, 2.24) is 14.8 Å². The van der Waals surface area contributed by atoms with Gasteiger partial charge in [0.25, 0.3) is 0 Å². The van der Waals surface area contributed by atoms with Gasteiger partial charge in [-0.25, -0.2) is 4.98 Å². The normalized spacial score (nSPS) is 12.9. The fourth-order valence-corrected chi connectivity index (χ4v) is 1.66. The zero-order valence-electron chi connectivity index (χ0n) is 9.55. The summed E-state index contributed by atoms with van der Waals surface area (Å²) in [6.07, 6.45) is 2.19. The van der Waals surface area contributed by atoms with Gasteiger partial charge in [0.2, 0.25) is 0 Å². The largest absolute Gasteiger partial charge is 0.465 e. The van der Waals surface area contributed by atoms with Crippen LogP contribution in [0.15, 0.2) is 22.9 Å². The summed E-state index contributed by atoms with van der Waals surface area (Å²) in [4.78, 5) is 4.19. The predicted octanol–water partition coefficient (Wildman–Crippen LogP) is 1.44. The molecule has 0 aliphatic heterocycles. The Morgan fingerprint density at radius 1 is 1.50 bits per heavy atom. The van der Waals surface area contributed by atoms with E-state index >= 15 is 0 Å². The Balaban J connectivity index is 2.10. The number of aromatic nitrogens is 3. The number of hydrogen-bond donors (Lipinski definition) is 1. The van der Waals surface area contributed by atoms with Crippen LogP contribution < -0.4 is 5.73 Å². The van der Waals surface area contributed by atoms with Crippen LogP contribution in [-0.2, 0) is 13.0 Å². The Labute approximate surface area is 94.3 Å². The average molecular weight is 220 g/mol. The molecule has 1 unspecified atom stereocenters. The molecule has 0 radical (unpaired) electrons. The zero-order chi connectivity index (χ0) is 11.5. The van der Waals surface area contributed by atoms with Gasteiger partial charge in [-0.15, -0.1) is 0 Å². The SMILES string of the molecule is CCn1ncnc1CC(N)c1ccc(C)o1. The first-order valence-electron chi connectivity index (χ1n) is 5.39. The Morgan fingerprint density at radius 2 is 2.31 bits per heavy atom. The predicted molar refractivity (Wildman–Crippen MR) is 59.8 cm³/mol. The Kier molecular flexibility index (Phi) is 3.05. The minimum Gasteiger partial charge on any atom is -0.465 e. The summed E-state index contributed by atoms with van der Waals surface area (Å²) < 4.78 is 7.33. The van der Waals surface area contributed by atoms with Crippen LogP contribution in [0.2, 0.25) is 0 Å². The third-order valence-corrected chi connectivity index (χ3v) is 2.52. The van der Waals surface area contributed by atoms with Crippen LogP contribution in [0.5, 0.6) is 0 Å². The molecule has 0 aliphatic carbocycles. The lowest BCUT2D eigenvalue weighted by molar-refractivity contribution is 0.436. The molecule has 5 nitrogen and oxygen atoms in total. The number of nitrogens with two attached hydrogens (primary N) is 1. The highest BCUT2D eigenvalue weighted by Gasteiger charge is 2.14. The van der Waals surface area contributed by atoms with Crippen molar-refractivity contribution in [3.05, 3.63) is 35.8 Å². The van der Waals surface area contributed by atoms with Gasteiger partial charge in [0.1, 0.15) is 23.7 Å². The summed E-state index contributed by atoms with van der Waals surface area (Å²) in [5.41, 5.74) is 6.05. The lowest BCUT2D eigenvalue weighted by Gasteiger charge is -2.08. The van der Waals surface area contributed by atoms with Crippen molar-refractivity contribution in [1.29, 1.82) is 0 Å². The topological polar surface area (TPSA) is 69.9 Å². The van der Waals surface area contributed by atoms with Gasteiger partial charge in [0.15, 0.2) is 0 Å². The molecule has 0 bridgehead atoms. The highest BCUT2D eigenvalue weighted by molar-refractivity contribution is 5.10. The molecule has 0 saturated heterocycles. The molecule has 2 heterocycles. The van der Waals surface area contributed by atoms with Gasteiger partial charge in [-0.2, -0.15) is 5.10 Å². The monoisotopic (exact) mass is 220 g/mol. The molecule has 0 aliphatic rings. The minimum absolute atomic E-state index is 0.164. The maximum atomic E-state index is 6.05. The molecular formula is C11H16N4O. The molecule has 1 atom stereocenters. The van der Waals surface area contributed by atoms with E-state index in [9.17, 15) is 0 Å². The van der Waals surface area contributed by atoms with Gasteiger partial charge in [0, 0.05) is 13.0 Å². The second-order valence-corrected chi connectivity index (χ2v) is 3.75. The number of furan rings is 1. The third-order valence-electron chi connectivity index (χ3n) is 2.52. The number of aryl methyl sites for hydroxylation is 2. The molecule has 2 aromatic heterocycles. The van der Waals surface area contributed by atoms with Crippen LogP contribution in [0.4, 0.5) is 0 Å². The summed E-state index contributed by atoms with van der Waals surface area (Å²) in [6.45, 7) is 4.74. The van der Waals surface area contributed by atoms with Crippen LogP contribution >= 0.6 is 0 Å². The molecule has 86 valence electrons. The van der Waals surface area contributed by atoms with Gasteiger partial charge in [-0.05, 0) is 26.0 Å². The molecule has 16 heavy (non-hydrogen) atoms. The lowest BCUT2D eigenvalue weighted by atomic mass is 10.1. The van der Waals surface area contributed by atoms with Crippen LogP contribution in [0.25, 0.3) is 0 Å². The smallest absolute Gasteiger partial charge is 0.138 e. The molecule has 2 aromatic rings. The van der Waals surface area contributed by atoms with Crippen molar-refractivity contribution in [3.63, 3.8) is 0 Å². The molecule has 5 heteroatoms. The van der Waals surface area contributed by atoms with Crippen LogP contribution in [0.3, 0.4) is 0 Å². The van der Waals surface area contributed by atoms with Crippen molar-refractivity contribution < 1.29 is 4.42 Å². The van der Waals surface area contributed by atoms with Gasteiger partial charge >= 0.3 is 0 Å². The first-order valence-corrected chi connectivity index (χ1v) is 5.39. The third kappa shape index (κ3) is 2.14. The van der Waals surface area contributed by atoms with E-state index in [2.05, 4.69) is 10.1 Å². The van der Waals surface area contributed by atoms with Crippen LogP contribution in [-0.4, -0.2) is 14.8 Å². The summed E-state index contributed by atoms with van der Waals surface area (Å²) >= 11 is 0. The van der Waals surface area contributed by atoms with E-state index in [1.54, 1.807) is 6.33 Å². The van der Waals surface area contributed by atoms with Crippen molar-refractivity contribution >= 4 is 0 Å². The zero-order valence-corrected chi connectivity index (χ0v) is 9.55. The average Bonchev–Trinajstić information content (AvgIpc) is 2.86. The van der Waals surface area contributed by atoms with E-state index in [1.807, 2.05) is 30.7 Å². The summed E-state index contributed by atoms with van der Waals surface area (Å²) in [6, 6.07) is 3.66. The molecule has 0 aromatic carbocycles. The standard InChI is InChI=1S/C11H16N4O/c1-3-15-11(13-7-14-15)6-9(12)10-5-4-8(2)16-10/h4-5,7,9H,3,6,12H2,1-2H3. The first-order chi connectivity index (χ1) is 7.70. The Morgan fingerprint density at radius 3 is 2.94 bits per heavy atom. The molecule has 0 spiro atoms. The summed E-state index contributed by atoms with van der Waals surface area (Å²) in [7, 11) is 0. The number of nitrogens with zero attached hydrogens (tertiary/aromatic N) is 3. The van der Waals surface area contributed by atoms with Crippen molar-refractivity contribution in [2.24, 2.45) is 5.73 Å². The lowest BCUT2D eigenvalue weighted by Crippen LogP contribution is -2.16. The highest BCUT2D eigenvalue weighted by atomic mass is 16.3. The van der Waals surface area contributed by atoms with Crippen molar-refractivity contribution in [2.75, 3.05) is 0 Å². The van der Waals surface area contributed by atoms with E-state index in [-0.39, 0.29) is 6.04 Å². The van der Waals surface area contributed by atoms with Gasteiger partial charge in [-0.1, -0.05) is 0 Å². The summed E-state index contributed by atoms with van der Waals surface area (Å²) in [5, 5.41) is 4.11. The van der Waals surface area contributed by atoms with E-state index in [0.29, 0.717) is 6.42 Å². The van der Waals surface area contributed by atoms with Gasteiger partial charge in [0.05, 0.1) is 6.04 Å². The summed E-state index contributed by atoms with van der Waals surface area (Å²) in [5.74, 6) is 2.56. The molecule has 2 N–H and O–H groups in total. The second kappa shape index (κ2) is 4.49. The van der Waals surface area contributed by atoms with E-state index < -0.39 is 0 Å². The van der Waals surface area contributed by atoms with Crippen molar-refractivity contribution in [2.45, 2.75) is 32.9 Å². The van der Waals surface area contributed by atoms with Crippen molar-refractivity contribution in [3.8, 4) is 0 Å². The second-order valence-electron chi connectivity index (χ2n) is 3.75. The fraction of sp³-hybridized carbons (Fsp3) is 0.455. The minimum atomic E-state index is -0.164.